The molecule has 1 saturated heterocycles. The molecule has 1 atom stereocenters. The van der Waals surface area contributed by atoms with Crippen LogP contribution in [0.4, 0.5) is 13.2 Å². The summed E-state index contributed by atoms with van der Waals surface area (Å²) in [7, 11) is -2.01. The van der Waals surface area contributed by atoms with Gasteiger partial charge in [0.1, 0.15) is 12.1 Å². The standard InChI is InChI=1S/C25H29F3N4O3S/c1-31-21-13-18(10-11-19(21)20(14-29)23(31)15-4-5-15)36(34,35)30-17-8-6-16(7-9-17)24(33)32-12-2-3-22(32)25(26,27)28/h10-11,13,15-17,22,30H,2-9,12H2,1H3/t16?,17?,22-/m1/s1. The highest BCUT2D eigenvalue weighted by atomic mass is 32.2. The number of nitrogens with zero attached hydrogens (tertiary/aromatic N) is 3. The molecule has 1 amide bonds. The van der Waals surface area contributed by atoms with Gasteiger partial charge in [0.05, 0.1) is 16.0 Å². The predicted octanol–water partition coefficient (Wildman–Crippen LogP) is 4.32. The molecule has 1 aliphatic heterocycles. The third-order valence-electron chi connectivity index (χ3n) is 7.92. The Morgan fingerprint density at radius 1 is 1.11 bits per heavy atom. The van der Waals surface area contributed by atoms with Gasteiger partial charge in [-0.05, 0) is 63.5 Å². The van der Waals surface area contributed by atoms with Crippen LogP contribution in [-0.4, -0.2) is 48.6 Å². The Hall–Kier alpha value is -2.58. The first kappa shape index (κ1) is 25.1. The molecule has 1 aromatic heterocycles. The van der Waals surface area contributed by atoms with Crippen LogP contribution in [0.5, 0.6) is 0 Å². The second kappa shape index (κ2) is 9.06. The summed E-state index contributed by atoms with van der Waals surface area (Å²) in [6.45, 7) is 0.118. The molecule has 1 aromatic carbocycles. The van der Waals surface area contributed by atoms with Gasteiger partial charge in [-0.25, -0.2) is 13.1 Å². The maximum absolute atomic E-state index is 13.3. The molecule has 0 spiro atoms. The van der Waals surface area contributed by atoms with E-state index < -0.39 is 40.1 Å². The number of halogens is 3. The third kappa shape index (κ3) is 4.50. The second-order valence-electron chi connectivity index (χ2n) is 10.3. The number of aryl methyl sites for hydroxylation is 1. The lowest BCUT2D eigenvalue weighted by atomic mass is 9.85. The number of nitrogens with one attached hydrogen (secondary N) is 1. The first-order valence-corrected chi connectivity index (χ1v) is 13.9. The summed E-state index contributed by atoms with van der Waals surface area (Å²) < 4.78 is 70.7. The van der Waals surface area contributed by atoms with Crippen LogP contribution in [0.25, 0.3) is 10.9 Å². The summed E-state index contributed by atoms with van der Waals surface area (Å²) in [4.78, 5) is 13.9. The van der Waals surface area contributed by atoms with Crippen molar-refractivity contribution in [1.82, 2.24) is 14.2 Å². The van der Waals surface area contributed by atoms with Gasteiger partial charge in [-0.1, -0.05) is 6.07 Å². The molecule has 5 rings (SSSR count). The van der Waals surface area contributed by atoms with E-state index in [-0.39, 0.29) is 17.9 Å². The fourth-order valence-corrected chi connectivity index (χ4v) is 7.23. The van der Waals surface area contributed by atoms with E-state index in [1.54, 1.807) is 12.1 Å². The number of hydrogen-bond acceptors (Lipinski definition) is 4. The van der Waals surface area contributed by atoms with Crippen molar-refractivity contribution in [3.63, 3.8) is 0 Å². The van der Waals surface area contributed by atoms with Crippen molar-refractivity contribution in [3.8, 4) is 6.07 Å². The van der Waals surface area contributed by atoms with E-state index in [1.807, 2.05) is 11.6 Å². The van der Waals surface area contributed by atoms with Crippen LogP contribution in [0, 0.1) is 17.2 Å². The van der Waals surface area contributed by atoms with Crippen molar-refractivity contribution >= 4 is 26.8 Å². The highest BCUT2D eigenvalue weighted by Crippen LogP contribution is 2.44. The summed E-state index contributed by atoms with van der Waals surface area (Å²) >= 11 is 0. The molecular formula is C25H29F3N4O3S. The summed E-state index contributed by atoms with van der Waals surface area (Å²) in [6.07, 6.45) is -0.639. The monoisotopic (exact) mass is 522 g/mol. The van der Waals surface area contributed by atoms with Crippen molar-refractivity contribution in [2.45, 2.75) is 80.4 Å². The van der Waals surface area contributed by atoms with E-state index in [0.717, 1.165) is 28.8 Å². The highest BCUT2D eigenvalue weighted by molar-refractivity contribution is 7.89. The number of sulfonamides is 1. The average molecular weight is 523 g/mol. The number of amides is 1. The Labute approximate surface area is 208 Å². The Bertz CT molecular complexity index is 1330. The van der Waals surface area contributed by atoms with E-state index in [4.69, 9.17) is 0 Å². The average Bonchev–Trinajstić information content (AvgIpc) is 3.45. The highest BCUT2D eigenvalue weighted by Gasteiger charge is 2.49. The van der Waals surface area contributed by atoms with Gasteiger partial charge in [0, 0.05) is 42.6 Å². The SMILES string of the molecule is Cn1c(C2CC2)c(C#N)c2ccc(S(=O)(=O)NC3CCC(C(=O)N4CCC[C@@H]4C(F)(F)F)CC3)cc21. The fraction of sp³-hybridized carbons (Fsp3) is 0.600. The van der Waals surface area contributed by atoms with Gasteiger partial charge in [0.15, 0.2) is 0 Å². The second-order valence-corrected chi connectivity index (χ2v) is 12.0. The molecule has 7 nitrogen and oxygen atoms in total. The van der Waals surface area contributed by atoms with Gasteiger partial charge in [-0.3, -0.25) is 4.79 Å². The summed E-state index contributed by atoms with van der Waals surface area (Å²) in [5.74, 6) is -0.649. The van der Waals surface area contributed by atoms with Gasteiger partial charge in [-0.15, -0.1) is 0 Å². The normalized spacial score (nSPS) is 25.3. The topological polar surface area (TPSA) is 95.2 Å². The van der Waals surface area contributed by atoms with E-state index in [1.165, 1.54) is 6.07 Å². The van der Waals surface area contributed by atoms with Crippen LogP contribution in [0.1, 0.15) is 68.5 Å². The van der Waals surface area contributed by atoms with Crippen molar-refractivity contribution in [1.29, 1.82) is 5.26 Å². The lowest BCUT2D eigenvalue weighted by molar-refractivity contribution is -0.184. The largest absolute Gasteiger partial charge is 0.408 e. The van der Waals surface area contributed by atoms with Crippen molar-refractivity contribution in [2.75, 3.05) is 6.54 Å². The van der Waals surface area contributed by atoms with Gasteiger partial charge >= 0.3 is 6.18 Å². The maximum atomic E-state index is 13.3. The van der Waals surface area contributed by atoms with Crippen LogP contribution in [0.2, 0.25) is 0 Å². The van der Waals surface area contributed by atoms with Crippen molar-refractivity contribution in [3.05, 3.63) is 29.5 Å². The van der Waals surface area contributed by atoms with Gasteiger partial charge in [-0.2, -0.15) is 18.4 Å². The zero-order valence-corrected chi connectivity index (χ0v) is 20.8. The van der Waals surface area contributed by atoms with Gasteiger partial charge in [0.25, 0.3) is 0 Å². The van der Waals surface area contributed by atoms with Crippen LogP contribution in [0.15, 0.2) is 23.1 Å². The fourth-order valence-electron chi connectivity index (χ4n) is 5.91. The number of alkyl halides is 3. The molecule has 2 saturated carbocycles. The Morgan fingerprint density at radius 3 is 2.42 bits per heavy atom. The number of benzene rings is 1. The molecule has 2 heterocycles. The van der Waals surface area contributed by atoms with E-state index >= 15 is 0 Å². The summed E-state index contributed by atoms with van der Waals surface area (Å²) in [5, 5.41) is 10.4. The molecule has 36 heavy (non-hydrogen) atoms. The molecule has 0 radical (unpaired) electrons. The molecular weight excluding hydrogens is 493 g/mol. The number of rotatable bonds is 5. The third-order valence-corrected chi connectivity index (χ3v) is 9.43. The van der Waals surface area contributed by atoms with Crippen LogP contribution < -0.4 is 4.72 Å². The van der Waals surface area contributed by atoms with E-state index in [9.17, 15) is 31.6 Å². The number of aromatic nitrogens is 1. The lowest BCUT2D eigenvalue weighted by Gasteiger charge is -2.33. The predicted molar refractivity (Wildman–Crippen MR) is 126 cm³/mol. The number of likely N-dealkylation sites (tertiary alicyclic amines) is 1. The lowest BCUT2D eigenvalue weighted by Crippen LogP contribution is -2.48. The molecule has 0 unspecified atom stereocenters. The molecule has 2 aliphatic carbocycles. The zero-order valence-electron chi connectivity index (χ0n) is 20.0. The van der Waals surface area contributed by atoms with Gasteiger partial charge < -0.3 is 9.47 Å². The van der Waals surface area contributed by atoms with E-state index in [0.29, 0.717) is 49.1 Å². The number of nitriles is 1. The summed E-state index contributed by atoms with van der Waals surface area (Å²) in [5.41, 5.74) is 2.24. The molecule has 1 N–H and O–H groups in total. The minimum absolute atomic E-state index is 0.0616. The minimum Gasteiger partial charge on any atom is -0.346 e. The molecule has 3 fully saturated rings. The van der Waals surface area contributed by atoms with Crippen LogP contribution >= 0.6 is 0 Å². The molecule has 0 bridgehead atoms. The van der Waals surface area contributed by atoms with Crippen molar-refractivity contribution < 1.29 is 26.4 Å². The van der Waals surface area contributed by atoms with Crippen LogP contribution in [0.3, 0.4) is 0 Å². The maximum Gasteiger partial charge on any atom is 0.408 e. The van der Waals surface area contributed by atoms with Gasteiger partial charge in [0.2, 0.25) is 15.9 Å². The van der Waals surface area contributed by atoms with Crippen molar-refractivity contribution in [2.24, 2.45) is 13.0 Å². The first-order chi connectivity index (χ1) is 17.0. The zero-order chi connectivity index (χ0) is 25.8. The molecule has 3 aliphatic rings. The smallest absolute Gasteiger partial charge is 0.346 e. The molecule has 194 valence electrons. The number of carbonyl (C=O) groups is 1. The summed E-state index contributed by atoms with van der Waals surface area (Å²) in [6, 6.07) is 4.93. The Morgan fingerprint density at radius 2 is 1.81 bits per heavy atom. The minimum atomic E-state index is -4.42. The van der Waals surface area contributed by atoms with Crippen LogP contribution in [-0.2, 0) is 21.9 Å². The number of fused-ring (bicyclic) bond motifs is 1. The van der Waals surface area contributed by atoms with E-state index in [2.05, 4.69) is 10.8 Å². The quantitative estimate of drug-likeness (QED) is 0.633. The number of hydrogen-bond donors (Lipinski definition) is 1. The number of carbonyl (C=O) groups excluding carboxylic acids is 1. The Kier molecular flexibility index (Phi) is 6.32. The Balaban J connectivity index is 1.26. The molecule has 11 heteroatoms. The molecule has 2 aromatic rings. The first-order valence-electron chi connectivity index (χ1n) is 12.4.